The molecule has 0 unspecified atom stereocenters. The number of nitrogens with one attached hydrogen (secondary N) is 1. The average Bonchev–Trinajstić information content (AvgIpc) is 2.97. The summed E-state index contributed by atoms with van der Waals surface area (Å²) in [5.41, 5.74) is 0.962. The largest absolute Gasteiger partial charge is 0.394 e. The van der Waals surface area contributed by atoms with Crippen LogP contribution < -0.4 is 5.32 Å². The van der Waals surface area contributed by atoms with Crippen LogP contribution in [0.3, 0.4) is 0 Å². The molecule has 1 aliphatic carbocycles. The minimum absolute atomic E-state index is 0.0526. The molecule has 2 rings (SSSR count). The summed E-state index contributed by atoms with van der Waals surface area (Å²) in [7, 11) is 0. The summed E-state index contributed by atoms with van der Waals surface area (Å²) >= 11 is 11.8. The lowest BCUT2D eigenvalue weighted by molar-refractivity contribution is 0.229. The monoisotopic (exact) mass is 245 g/mol. The number of aliphatic hydroxyl groups excluding tert-OH is 1. The fraction of sp³-hybridized carbons (Fsp3) is 0.455. The molecule has 0 aliphatic heterocycles. The van der Waals surface area contributed by atoms with Crippen molar-refractivity contribution in [3.8, 4) is 0 Å². The summed E-state index contributed by atoms with van der Waals surface area (Å²) in [6.45, 7) is 0.870. The van der Waals surface area contributed by atoms with Crippen molar-refractivity contribution >= 4 is 23.2 Å². The van der Waals surface area contributed by atoms with Gasteiger partial charge in [0.1, 0.15) is 0 Å². The van der Waals surface area contributed by atoms with Crippen LogP contribution in [0.5, 0.6) is 0 Å². The summed E-state index contributed by atoms with van der Waals surface area (Å²) in [6.07, 6.45) is 2.07. The molecule has 0 atom stereocenters. The van der Waals surface area contributed by atoms with Crippen molar-refractivity contribution in [1.82, 2.24) is 5.32 Å². The molecule has 0 heterocycles. The van der Waals surface area contributed by atoms with E-state index in [0.717, 1.165) is 18.4 Å². The number of hydrogen-bond donors (Lipinski definition) is 2. The molecule has 4 heteroatoms. The van der Waals surface area contributed by atoms with Crippen LogP contribution in [0.2, 0.25) is 10.0 Å². The van der Waals surface area contributed by atoms with Crippen LogP contribution >= 0.6 is 23.2 Å². The topological polar surface area (TPSA) is 32.3 Å². The van der Waals surface area contributed by atoms with E-state index in [9.17, 15) is 0 Å². The molecule has 0 spiro atoms. The first-order chi connectivity index (χ1) is 7.15. The maximum Gasteiger partial charge on any atom is 0.0613 e. The molecule has 1 aromatic rings. The van der Waals surface area contributed by atoms with E-state index in [0.29, 0.717) is 16.6 Å². The molecule has 1 aliphatic rings. The molecule has 15 heavy (non-hydrogen) atoms. The summed E-state index contributed by atoms with van der Waals surface area (Å²) in [5.74, 6) is 0. The summed E-state index contributed by atoms with van der Waals surface area (Å²) in [4.78, 5) is 0. The average molecular weight is 246 g/mol. The van der Waals surface area contributed by atoms with Crippen LogP contribution in [0, 0.1) is 0 Å². The highest BCUT2D eigenvalue weighted by atomic mass is 35.5. The fourth-order valence-corrected chi connectivity index (χ4v) is 1.96. The predicted molar refractivity (Wildman–Crippen MR) is 62.4 cm³/mol. The zero-order chi connectivity index (χ0) is 10.9. The Bertz CT molecular complexity index is 364. The third kappa shape index (κ3) is 2.64. The van der Waals surface area contributed by atoms with Crippen LogP contribution in [0.1, 0.15) is 18.4 Å². The van der Waals surface area contributed by atoms with Crippen LogP contribution in [-0.2, 0) is 6.54 Å². The van der Waals surface area contributed by atoms with Gasteiger partial charge in [0.2, 0.25) is 0 Å². The van der Waals surface area contributed by atoms with Crippen LogP contribution in [-0.4, -0.2) is 17.3 Å². The first-order valence-electron chi connectivity index (χ1n) is 4.95. The maximum absolute atomic E-state index is 9.13. The summed E-state index contributed by atoms with van der Waals surface area (Å²) in [5, 5.41) is 13.8. The number of aliphatic hydroxyl groups is 1. The molecule has 1 saturated carbocycles. The number of benzene rings is 1. The summed E-state index contributed by atoms with van der Waals surface area (Å²) < 4.78 is 0. The van der Waals surface area contributed by atoms with Crippen LogP contribution in [0.4, 0.5) is 0 Å². The first kappa shape index (κ1) is 11.2. The Hall–Kier alpha value is -0.280. The van der Waals surface area contributed by atoms with Gasteiger partial charge in [0, 0.05) is 22.1 Å². The Kier molecular flexibility index (Phi) is 3.21. The second kappa shape index (κ2) is 4.30. The van der Waals surface area contributed by atoms with E-state index in [1.165, 1.54) is 0 Å². The van der Waals surface area contributed by atoms with Crippen molar-refractivity contribution in [1.29, 1.82) is 0 Å². The molecule has 0 radical (unpaired) electrons. The van der Waals surface area contributed by atoms with Gasteiger partial charge in [-0.2, -0.15) is 0 Å². The van der Waals surface area contributed by atoms with Crippen molar-refractivity contribution in [2.45, 2.75) is 24.9 Å². The van der Waals surface area contributed by atoms with Crippen molar-refractivity contribution in [2.24, 2.45) is 0 Å². The van der Waals surface area contributed by atoms with Gasteiger partial charge in [-0.05, 0) is 30.5 Å². The highest BCUT2D eigenvalue weighted by Crippen LogP contribution is 2.35. The normalized spacial score (nSPS) is 17.8. The minimum atomic E-state index is -0.0526. The van der Waals surface area contributed by atoms with E-state index < -0.39 is 0 Å². The van der Waals surface area contributed by atoms with Crippen LogP contribution in [0.25, 0.3) is 0 Å². The van der Waals surface area contributed by atoms with Crippen molar-refractivity contribution < 1.29 is 5.11 Å². The van der Waals surface area contributed by atoms with E-state index in [2.05, 4.69) is 5.32 Å². The molecule has 1 fully saturated rings. The molecule has 0 aromatic heterocycles. The highest BCUT2D eigenvalue weighted by molar-refractivity contribution is 6.35. The molecule has 0 bridgehead atoms. The Balaban J connectivity index is 1.99. The van der Waals surface area contributed by atoms with Crippen molar-refractivity contribution in [2.75, 3.05) is 6.61 Å². The smallest absolute Gasteiger partial charge is 0.0613 e. The third-order valence-electron chi connectivity index (χ3n) is 2.83. The second-order valence-corrected chi connectivity index (χ2v) is 4.87. The molecule has 0 saturated heterocycles. The number of rotatable bonds is 4. The lowest BCUT2D eigenvalue weighted by Crippen LogP contribution is -2.34. The van der Waals surface area contributed by atoms with Crippen LogP contribution in [0.15, 0.2) is 18.2 Å². The van der Waals surface area contributed by atoms with Gasteiger partial charge < -0.3 is 10.4 Å². The van der Waals surface area contributed by atoms with E-state index >= 15 is 0 Å². The van der Waals surface area contributed by atoms with Gasteiger partial charge in [-0.3, -0.25) is 0 Å². The zero-order valence-corrected chi connectivity index (χ0v) is 9.78. The van der Waals surface area contributed by atoms with E-state index in [4.69, 9.17) is 28.3 Å². The molecule has 82 valence electrons. The first-order valence-corrected chi connectivity index (χ1v) is 5.71. The molecule has 2 nitrogen and oxygen atoms in total. The number of hydrogen-bond acceptors (Lipinski definition) is 2. The van der Waals surface area contributed by atoms with Gasteiger partial charge >= 0.3 is 0 Å². The van der Waals surface area contributed by atoms with Crippen molar-refractivity contribution in [3.05, 3.63) is 33.8 Å². The zero-order valence-electron chi connectivity index (χ0n) is 8.26. The molecule has 1 aromatic carbocycles. The third-order valence-corrected chi connectivity index (χ3v) is 3.41. The van der Waals surface area contributed by atoms with Gasteiger partial charge in [-0.25, -0.2) is 0 Å². The number of halogens is 2. The molecule has 0 amide bonds. The SMILES string of the molecule is OCC1(NCc2ccc(Cl)cc2Cl)CC1. The quantitative estimate of drug-likeness (QED) is 0.855. The molecular formula is C11H13Cl2NO. The van der Waals surface area contributed by atoms with E-state index in [-0.39, 0.29) is 12.1 Å². The van der Waals surface area contributed by atoms with E-state index in [1.54, 1.807) is 6.07 Å². The van der Waals surface area contributed by atoms with Gasteiger partial charge in [0.15, 0.2) is 0 Å². The molecular weight excluding hydrogens is 233 g/mol. The standard InChI is InChI=1S/C11H13Cl2NO/c12-9-2-1-8(10(13)5-9)6-14-11(7-15)3-4-11/h1-2,5,14-15H,3-4,6-7H2. The Morgan fingerprint density at radius 2 is 2.07 bits per heavy atom. The predicted octanol–water partition coefficient (Wildman–Crippen LogP) is 2.61. The maximum atomic E-state index is 9.13. The minimum Gasteiger partial charge on any atom is -0.394 e. The Morgan fingerprint density at radius 3 is 2.60 bits per heavy atom. The molecule has 2 N–H and O–H groups in total. The summed E-state index contributed by atoms with van der Waals surface area (Å²) in [6, 6.07) is 5.47. The lowest BCUT2D eigenvalue weighted by Gasteiger charge is -2.14. The van der Waals surface area contributed by atoms with Gasteiger partial charge in [-0.15, -0.1) is 0 Å². The van der Waals surface area contributed by atoms with Gasteiger partial charge in [0.05, 0.1) is 6.61 Å². The fourth-order valence-electron chi connectivity index (χ4n) is 1.49. The van der Waals surface area contributed by atoms with Gasteiger partial charge in [-0.1, -0.05) is 29.3 Å². The Labute approximate surface area is 99.2 Å². The van der Waals surface area contributed by atoms with E-state index in [1.807, 2.05) is 12.1 Å². The highest BCUT2D eigenvalue weighted by Gasteiger charge is 2.41. The van der Waals surface area contributed by atoms with Crippen molar-refractivity contribution in [3.63, 3.8) is 0 Å². The van der Waals surface area contributed by atoms with Gasteiger partial charge in [0.25, 0.3) is 0 Å². The second-order valence-electron chi connectivity index (χ2n) is 4.03. The lowest BCUT2D eigenvalue weighted by atomic mass is 10.2. The Morgan fingerprint density at radius 1 is 1.33 bits per heavy atom.